The van der Waals surface area contributed by atoms with Crippen LogP contribution in [-0.2, 0) is 22.6 Å². The Morgan fingerprint density at radius 3 is 2.44 bits per heavy atom. The normalized spacial score (nSPS) is 16.3. The van der Waals surface area contributed by atoms with Gasteiger partial charge < -0.3 is 15.7 Å². The van der Waals surface area contributed by atoms with Crippen molar-refractivity contribution in [2.75, 3.05) is 6.54 Å². The number of phenolic OH excluding ortho intramolecular Hbond substituents is 1. The minimum absolute atomic E-state index is 0.0918. The Morgan fingerprint density at radius 2 is 1.74 bits per heavy atom. The molecule has 1 heterocycles. The highest BCUT2D eigenvalue weighted by molar-refractivity contribution is 6.05. The van der Waals surface area contributed by atoms with E-state index >= 15 is 0 Å². The molecule has 1 fully saturated rings. The monoisotopic (exact) mass is 367 g/mol. The van der Waals surface area contributed by atoms with E-state index in [1.165, 1.54) is 0 Å². The number of carbonyl (C=O) groups is 3. The molecular weight excluding hydrogens is 346 g/mol. The van der Waals surface area contributed by atoms with E-state index in [1.807, 2.05) is 30.3 Å². The van der Waals surface area contributed by atoms with Gasteiger partial charge in [0.05, 0.1) is 13.0 Å². The van der Waals surface area contributed by atoms with E-state index in [2.05, 4.69) is 10.6 Å². The van der Waals surface area contributed by atoms with Gasteiger partial charge in [0, 0.05) is 6.54 Å². The molecule has 0 spiro atoms. The van der Waals surface area contributed by atoms with Gasteiger partial charge in [-0.2, -0.15) is 0 Å². The average Bonchev–Trinajstić information content (AvgIpc) is 2.91. The topological polar surface area (TPSA) is 98.7 Å². The third kappa shape index (κ3) is 4.84. The number of hydrogen-bond acceptors (Lipinski definition) is 4. The van der Waals surface area contributed by atoms with Crippen LogP contribution in [0.2, 0.25) is 0 Å². The van der Waals surface area contributed by atoms with Crippen molar-refractivity contribution in [3.05, 3.63) is 65.7 Å². The highest BCUT2D eigenvalue weighted by Gasteiger charge is 2.38. The van der Waals surface area contributed by atoms with Crippen LogP contribution in [0.15, 0.2) is 54.6 Å². The molecule has 0 bridgehead atoms. The van der Waals surface area contributed by atoms with E-state index in [4.69, 9.17) is 0 Å². The smallest absolute Gasteiger partial charge is 0.325 e. The van der Waals surface area contributed by atoms with E-state index in [1.54, 1.807) is 24.3 Å². The van der Waals surface area contributed by atoms with Crippen LogP contribution in [0, 0.1) is 0 Å². The van der Waals surface area contributed by atoms with Crippen LogP contribution in [0.5, 0.6) is 5.75 Å². The van der Waals surface area contributed by atoms with Crippen LogP contribution in [-0.4, -0.2) is 40.4 Å². The number of carbonyl (C=O) groups excluding carboxylic acids is 3. The first kappa shape index (κ1) is 18.4. The number of imide groups is 1. The van der Waals surface area contributed by atoms with Crippen molar-refractivity contribution in [1.29, 1.82) is 0 Å². The Labute approximate surface area is 157 Å². The Bertz CT molecular complexity index is 821. The lowest BCUT2D eigenvalue weighted by atomic mass is 10.1. The number of rotatable bonds is 7. The van der Waals surface area contributed by atoms with Gasteiger partial charge >= 0.3 is 6.03 Å². The van der Waals surface area contributed by atoms with Crippen molar-refractivity contribution >= 4 is 17.8 Å². The van der Waals surface area contributed by atoms with E-state index < -0.39 is 18.0 Å². The van der Waals surface area contributed by atoms with Gasteiger partial charge in [-0.05, 0) is 29.7 Å². The maximum atomic E-state index is 12.4. The summed E-state index contributed by atoms with van der Waals surface area (Å²) in [6.45, 7) is 0.594. The second-order valence-electron chi connectivity index (χ2n) is 6.38. The lowest BCUT2D eigenvalue weighted by molar-refractivity contribution is -0.131. The van der Waals surface area contributed by atoms with Crippen LogP contribution < -0.4 is 10.6 Å². The maximum Gasteiger partial charge on any atom is 0.325 e. The van der Waals surface area contributed by atoms with Gasteiger partial charge in [-0.15, -0.1) is 0 Å². The molecule has 0 aliphatic carbocycles. The Balaban J connectivity index is 1.47. The van der Waals surface area contributed by atoms with E-state index in [0.717, 1.165) is 16.0 Å². The molecule has 2 aromatic carbocycles. The van der Waals surface area contributed by atoms with Crippen LogP contribution in [0.1, 0.15) is 17.5 Å². The molecular formula is C20H21N3O4. The van der Waals surface area contributed by atoms with Crippen molar-refractivity contribution in [2.24, 2.45) is 0 Å². The second kappa shape index (κ2) is 8.35. The van der Waals surface area contributed by atoms with Crippen molar-refractivity contribution < 1.29 is 19.5 Å². The molecule has 7 heteroatoms. The molecule has 0 aromatic heterocycles. The van der Waals surface area contributed by atoms with Crippen molar-refractivity contribution in [1.82, 2.24) is 15.5 Å². The summed E-state index contributed by atoms with van der Waals surface area (Å²) in [5, 5.41) is 14.6. The number of hydrogen-bond donors (Lipinski definition) is 3. The standard InChI is InChI=1S/C20H21N3O4/c24-16-8-6-14(7-9-16)10-11-21-18(25)12-17-19(26)23(20(27)22-17)13-15-4-2-1-3-5-15/h1-9,17,24H,10-13H2,(H,21,25)(H,22,27)/t17-/m0/s1. The lowest BCUT2D eigenvalue weighted by Crippen LogP contribution is -2.37. The number of amides is 4. The zero-order valence-electron chi connectivity index (χ0n) is 14.7. The molecule has 1 saturated heterocycles. The van der Waals surface area contributed by atoms with Gasteiger partial charge in [-0.3, -0.25) is 14.5 Å². The molecule has 0 radical (unpaired) electrons. The first-order chi connectivity index (χ1) is 13.0. The minimum Gasteiger partial charge on any atom is -0.508 e. The van der Waals surface area contributed by atoms with Gasteiger partial charge in [0.15, 0.2) is 0 Å². The number of nitrogens with one attached hydrogen (secondary N) is 2. The molecule has 1 atom stereocenters. The van der Waals surface area contributed by atoms with Gasteiger partial charge in [0.1, 0.15) is 11.8 Å². The summed E-state index contributed by atoms with van der Waals surface area (Å²) in [6.07, 6.45) is 0.516. The molecule has 1 aliphatic heterocycles. The van der Waals surface area contributed by atoms with Gasteiger partial charge in [0.25, 0.3) is 5.91 Å². The number of benzene rings is 2. The highest BCUT2D eigenvalue weighted by atomic mass is 16.3. The number of phenols is 1. The van der Waals surface area contributed by atoms with Gasteiger partial charge in [-0.1, -0.05) is 42.5 Å². The Kier molecular flexibility index (Phi) is 5.71. The van der Waals surface area contributed by atoms with Gasteiger partial charge in [0.2, 0.25) is 5.91 Å². The quantitative estimate of drug-likeness (QED) is 0.647. The SMILES string of the molecule is O=C(C[C@@H]1NC(=O)N(Cc2ccccc2)C1=O)NCCc1ccc(O)cc1. The molecule has 27 heavy (non-hydrogen) atoms. The Hall–Kier alpha value is -3.35. The minimum atomic E-state index is -0.838. The molecule has 2 aromatic rings. The van der Waals surface area contributed by atoms with Crippen molar-refractivity contribution in [3.63, 3.8) is 0 Å². The van der Waals surface area contributed by atoms with Gasteiger partial charge in [-0.25, -0.2) is 4.79 Å². The van der Waals surface area contributed by atoms with Crippen LogP contribution >= 0.6 is 0 Å². The highest BCUT2D eigenvalue weighted by Crippen LogP contribution is 2.14. The molecule has 7 nitrogen and oxygen atoms in total. The summed E-state index contributed by atoms with van der Waals surface area (Å²) in [5.74, 6) is -0.496. The van der Waals surface area contributed by atoms with E-state index in [0.29, 0.717) is 13.0 Å². The first-order valence-corrected chi connectivity index (χ1v) is 8.73. The summed E-state index contributed by atoms with van der Waals surface area (Å²) in [7, 11) is 0. The number of nitrogens with zero attached hydrogens (tertiary/aromatic N) is 1. The van der Waals surface area contributed by atoms with E-state index in [-0.39, 0.29) is 24.6 Å². The number of aromatic hydroxyl groups is 1. The largest absolute Gasteiger partial charge is 0.508 e. The van der Waals surface area contributed by atoms with Crippen molar-refractivity contribution in [3.8, 4) is 5.75 Å². The summed E-state index contributed by atoms with van der Waals surface area (Å²) < 4.78 is 0. The predicted molar refractivity (Wildman–Crippen MR) is 98.7 cm³/mol. The zero-order chi connectivity index (χ0) is 19.2. The van der Waals surface area contributed by atoms with E-state index in [9.17, 15) is 19.5 Å². The van der Waals surface area contributed by atoms with Crippen molar-refractivity contribution in [2.45, 2.75) is 25.4 Å². The molecule has 140 valence electrons. The predicted octanol–water partition coefficient (Wildman–Crippen LogP) is 1.56. The maximum absolute atomic E-state index is 12.4. The zero-order valence-corrected chi connectivity index (χ0v) is 14.7. The first-order valence-electron chi connectivity index (χ1n) is 8.73. The fraction of sp³-hybridized carbons (Fsp3) is 0.250. The summed E-state index contributed by atoms with van der Waals surface area (Å²) in [6, 6.07) is 14.6. The Morgan fingerprint density at radius 1 is 1.04 bits per heavy atom. The third-order valence-electron chi connectivity index (χ3n) is 4.35. The van der Waals surface area contributed by atoms with Crippen LogP contribution in [0.25, 0.3) is 0 Å². The molecule has 3 rings (SSSR count). The summed E-state index contributed by atoms with van der Waals surface area (Å²) in [5.41, 5.74) is 1.83. The number of urea groups is 1. The molecule has 3 N–H and O–H groups in total. The second-order valence-corrected chi connectivity index (χ2v) is 6.38. The summed E-state index contributed by atoms with van der Waals surface area (Å²) >= 11 is 0. The molecule has 1 aliphatic rings. The molecule has 0 unspecified atom stereocenters. The van der Waals surface area contributed by atoms with Crippen LogP contribution in [0.3, 0.4) is 0 Å². The molecule has 4 amide bonds. The molecule has 0 saturated carbocycles. The fourth-order valence-electron chi connectivity index (χ4n) is 2.90. The lowest BCUT2D eigenvalue weighted by Gasteiger charge is -2.13. The fourth-order valence-corrected chi connectivity index (χ4v) is 2.90. The third-order valence-corrected chi connectivity index (χ3v) is 4.35. The van der Waals surface area contributed by atoms with Crippen LogP contribution in [0.4, 0.5) is 4.79 Å². The summed E-state index contributed by atoms with van der Waals surface area (Å²) in [4.78, 5) is 37.7. The average molecular weight is 367 g/mol.